The van der Waals surface area contributed by atoms with Crippen molar-refractivity contribution in [1.82, 2.24) is 4.57 Å². The molecule has 2 aromatic rings. The van der Waals surface area contributed by atoms with E-state index in [-0.39, 0.29) is 17.9 Å². The van der Waals surface area contributed by atoms with Crippen molar-refractivity contribution in [2.45, 2.75) is 19.3 Å². The van der Waals surface area contributed by atoms with Crippen molar-refractivity contribution in [3.8, 4) is 0 Å². The third-order valence-electron chi connectivity index (χ3n) is 3.92. The van der Waals surface area contributed by atoms with Crippen LogP contribution in [0.5, 0.6) is 0 Å². The Morgan fingerprint density at radius 1 is 1.27 bits per heavy atom. The summed E-state index contributed by atoms with van der Waals surface area (Å²) in [4.78, 5) is 12.2. The summed E-state index contributed by atoms with van der Waals surface area (Å²) < 4.78 is 23.7. The molecule has 120 valence electrons. The lowest BCUT2D eigenvalue weighted by Gasteiger charge is -2.14. The fourth-order valence-electron chi connectivity index (χ4n) is 2.70. The van der Waals surface area contributed by atoms with Gasteiger partial charge >= 0.3 is 7.60 Å². The van der Waals surface area contributed by atoms with Gasteiger partial charge in [-0.25, -0.2) is 0 Å². The van der Waals surface area contributed by atoms with E-state index in [1.54, 1.807) is 0 Å². The van der Waals surface area contributed by atoms with E-state index in [2.05, 4.69) is 22.9 Å². The van der Waals surface area contributed by atoms with E-state index in [1.807, 2.05) is 26.1 Å². The summed E-state index contributed by atoms with van der Waals surface area (Å²) in [6, 6.07) is 8.10. The average Bonchev–Trinajstić information content (AvgIpc) is 2.85. The van der Waals surface area contributed by atoms with Crippen LogP contribution in [0.2, 0.25) is 0 Å². The fraction of sp³-hybridized carbons (Fsp3) is 0.438. The molecule has 0 saturated heterocycles. The fourth-order valence-corrected chi connectivity index (χ4v) is 3.67. The van der Waals surface area contributed by atoms with E-state index in [0.717, 1.165) is 16.5 Å². The van der Waals surface area contributed by atoms with Crippen LogP contribution in [0, 0.1) is 0 Å². The van der Waals surface area contributed by atoms with Crippen LogP contribution in [0.15, 0.2) is 30.5 Å². The zero-order chi connectivity index (χ0) is 16.3. The highest BCUT2D eigenvalue weighted by Gasteiger charge is 2.27. The number of carbonyl (C=O) groups is 1. The second-order valence-corrected chi connectivity index (χ2v) is 7.76. The smallest absolute Gasteiger partial charge is 0.337 e. The van der Waals surface area contributed by atoms with Gasteiger partial charge in [0.1, 0.15) is 11.9 Å². The molecular formula is C16H22NO4P. The Bertz CT molecular complexity index is 714. The summed E-state index contributed by atoms with van der Waals surface area (Å²) >= 11 is 0. The molecule has 0 unspecified atom stereocenters. The maximum absolute atomic E-state index is 12.2. The molecule has 0 fully saturated rings. The largest absolute Gasteiger partial charge is 0.350 e. The summed E-state index contributed by atoms with van der Waals surface area (Å²) in [7, 11) is 1.30. The molecule has 0 saturated carbocycles. The van der Waals surface area contributed by atoms with Gasteiger partial charge in [0.15, 0.2) is 0 Å². The maximum atomic E-state index is 12.2. The highest BCUT2D eigenvalue weighted by molar-refractivity contribution is 7.54. The van der Waals surface area contributed by atoms with Gasteiger partial charge in [0, 0.05) is 44.8 Å². The van der Waals surface area contributed by atoms with E-state index in [0.29, 0.717) is 6.42 Å². The number of rotatable bonds is 7. The summed E-state index contributed by atoms with van der Waals surface area (Å²) in [5, 5.41) is 1.15. The number of aryl methyl sites for hydroxylation is 1. The first-order valence-corrected chi connectivity index (χ1v) is 8.89. The topological polar surface area (TPSA) is 57.5 Å². The van der Waals surface area contributed by atoms with E-state index in [1.165, 1.54) is 14.2 Å². The molecule has 5 nitrogen and oxygen atoms in total. The molecule has 0 aliphatic heterocycles. The summed E-state index contributed by atoms with van der Waals surface area (Å²) in [5.41, 5.74) is 2.26. The number of ketones is 1. The Morgan fingerprint density at radius 3 is 2.55 bits per heavy atom. The first-order valence-electron chi connectivity index (χ1n) is 7.16. The molecule has 0 aliphatic rings. The van der Waals surface area contributed by atoms with Crippen LogP contribution < -0.4 is 0 Å². The highest BCUT2D eigenvalue weighted by Crippen LogP contribution is 2.46. The third kappa shape index (κ3) is 3.49. The molecule has 6 heteroatoms. The Hall–Kier alpha value is -1.42. The van der Waals surface area contributed by atoms with Gasteiger partial charge in [0.05, 0.1) is 0 Å². The van der Waals surface area contributed by atoms with E-state index in [4.69, 9.17) is 9.05 Å². The minimum atomic E-state index is -3.28. The predicted molar refractivity (Wildman–Crippen MR) is 87.4 cm³/mol. The van der Waals surface area contributed by atoms with E-state index in [9.17, 15) is 9.36 Å². The third-order valence-corrected chi connectivity index (χ3v) is 5.77. The van der Waals surface area contributed by atoms with Gasteiger partial charge in [0.25, 0.3) is 0 Å². The summed E-state index contributed by atoms with van der Waals surface area (Å²) in [5.74, 6) is -0.0757. The lowest BCUT2D eigenvalue weighted by molar-refractivity contribution is -0.117. The minimum Gasteiger partial charge on any atom is -0.350 e. The first kappa shape index (κ1) is 16.9. The van der Waals surface area contributed by atoms with Crippen molar-refractivity contribution in [3.05, 3.63) is 36.0 Å². The normalized spacial score (nSPS) is 13.5. The molecule has 2 rings (SSSR count). The first-order chi connectivity index (χ1) is 10.4. The number of hydrogen-bond donors (Lipinski definition) is 0. The molecule has 0 radical (unpaired) electrons. The van der Waals surface area contributed by atoms with Crippen molar-refractivity contribution in [1.29, 1.82) is 0 Å². The van der Waals surface area contributed by atoms with E-state index >= 15 is 0 Å². The van der Waals surface area contributed by atoms with Gasteiger partial charge in [-0.3, -0.25) is 9.36 Å². The number of para-hydroxylation sites is 1. The highest BCUT2D eigenvalue weighted by atomic mass is 31.2. The number of aromatic nitrogens is 1. The van der Waals surface area contributed by atoms with Gasteiger partial charge < -0.3 is 13.6 Å². The molecule has 1 atom stereocenters. The molecule has 22 heavy (non-hydrogen) atoms. The molecule has 1 aromatic heterocycles. The Kier molecular flexibility index (Phi) is 5.22. The molecule has 0 N–H and O–H groups in total. The maximum Gasteiger partial charge on any atom is 0.337 e. The molecule has 0 bridgehead atoms. The average molecular weight is 323 g/mol. The molecule has 0 amide bonds. The Morgan fingerprint density at radius 2 is 1.91 bits per heavy atom. The Balaban J connectivity index is 2.16. The van der Waals surface area contributed by atoms with Crippen LogP contribution in [-0.2, 0) is 25.5 Å². The zero-order valence-corrected chi connectivity index (χ0v) is 14.3. The second-order valence-electron chi connectivity index (χ2n) is 5.49. The number of benzene rings is 1. The molecule has 0 spiro atoms. The van der Waals surface area contributed by atoms with Gasteiger partial charge in [-0.2, -0.15) is 0 Å². The Labute approximate surface area is 130 Å². The lowest BCUT2D eigenvalue weighted by Crippen LogP contribution is -2.11. The van der Waals surface area contributed by atoms with Gasteiger partial charge in [-0.05, 0) is 17.5 Å². The van der Waals surface area contributed by atoms with Gasteiger partial charge in [0.2, 0.25) is 0 Å². The van der Waals surface area contributed by atoms with Crippen molar-refractivity contribution in [2.75, 3.05) is 20.4 Å². The molecular weight excluding hydrogens is 301 g/mol. The van der Waals surface area contributed by atoms with Crippen LogP contribution in [0.25, 0.3) is 10.9 Å². The SMILES string of the molecule is COP(=O)(CC(=O)C[C@H](C)c1cn(C)c2ccccc12)OC. The monoisotopic (exact) mass is 323 g/mol. The van der Waals surface area contributed by atoms with E-state index < -0.39 is 7.60 Å². The number of nitrogens with zero attached hydrogens (tertiary/aromatic N) is 1. The molecule has 1 aromatic carbocycles. The summed E-state index contributed by atoms with van der Waals surface area (Å²) in [6.45, 7) is 2.00. The number of fused-ring (bicyclic) bond motifs is 1. The van der Waals surface area contributed by atoms with Crippen LogP contribution in [0.3, 0.4) is 0 Å². The van der Waals surface area contributed by atoms with Crippen LogP contribution in [0.1, 0.15) is 24.8 Å². The number of carbonyl (C=O) groups excluding carboxylic acids is 1. The van der Waals surface area contributed by atoms with Gasteiger partial charge in [-0.1, -0.05) is 25.1 Å². The molecule has 0 aliphatic carbocycles. The van der Waals surface area contributed by atoms with Crippen LogP contribution >= 0.6 is 7.60 Å². The predicted octanol–water partition coefficient (Wildman–Crippen LogP) is 3.73. The zero-order valence-electron chi connectivity index (χ0n) is 13.4. The number of Topliss-reactive ketones (excluding diaryl/α,β-unsaturated/α-hetero) is 1. The number of hydrogen-bond acceptors (Lipinski definition) is 4. The van der Waals surface area contributed by atoms with Crippen molar-refractivity contribution < 1.29 is 18.4 Å². The van der Waals surface area contributed by atoms with Crippen molar-refractivity contribution >= 4 is 24.3 Å². The van der Waals surface area contributed by atoms with Crippen LogP contribution in [-0.4, -0.2) is 30.7 Å². The molecule has 1 heterocycles. The quantitative estimate of drug-likeness (QED) is 0.729. The van der Waals surface area contributed by atoms with Crippen molar-refractivity contribution in [2.24, 2.45) is 7.05 Å². The van der Waals surface area contributed by atoms with Crippen LogP contribution in [0.4, 0.5) is 0 Å². The summed E-state index contributed by atoms with van der Waals surface area (Å²) in [6.07, 6.45) is 2.18. The second kappa shape index (κ2) is 6.78. The standard InChI is InChI=1S/C16H22NO4P/c1-12(9-13(18)11-22(19,20-3)21-4)15-10-17(2)16-8-6-5-7-14(15)16/h5-8,10,12H,9,11H2,1-4H3/t12-/m0/s1. The lowest BCUT2D eigenvalue weighted by atomic mass is 9.96. The van der Waals surface area contributed by atoms with Gasteiger partial charge in [-0.15, -0.1) is 0 Å². The van der Waals surface area contributed by atoms with Crippen molar-refractivity contribution in [3.63, 3.8) is 0 Å². The minimum absolute atomic E-state index is 0.0424.